The van der Waals surface area contributed by atoms with Crippen molar-refractivity contribution >= 4 is 0 Å². The number of rotatable bonds is 5. The minimum Gasteiger partial charge on any atom is -0.313 e. The summed E-state index contributed by atoms with van der Waals surface area (Å²) >= 11 is 0. The topological polar surface area (TPSA) is 37.8 Å². The molecular formula is C14H23N3. The molecule has 0 bridgehead atoms. The smallest absolute Gasteiger partial charge is 0.133 e. The Morgan fingerprint density at radius 1 is 1.24 bits per heavy atom. The summed E-state index contributed by atoms with van der Waals surface area (Å²) in [6.45, 7) is 8.41. The van der Waals surface area contributed by atoms with Crippen LogP contribution >= 0.6 is 0 Å². The van der Waals surface area contributed by atoms with Crippen LogP contribution < -0.4 is 5.32 Å². The Bertz CT molecular complexity index is 347. The summed E-state index contributed by atoms with van der Waals surface area (Å²) in [5.74, 6) is 1.92. The fourth-order valence-corrected chi connectivity index (χ4v) is 1.78. The van der Waals surface area contributed by atoms with Gasteiger partial charge in [-0.3, -0.25) is 0 Å². The lowest BCUT2D eigenvalue weighted by molar-refractivity contribution is 0.541. The molecule has 0 atom stereocenters. The van der Waals surface area contributed by atoms with Crippen molar-refractivity contribution in [3.8, 4) is 0 Å². The van der Waals surface area contributed by atoms with Crippen LogP contribution in [0.4, 0.5) is 0 Å². The fourth-order valence-electron chi connectivity index (χ4n) is 1.78. The van der Waals surface area contributed by atoms with Gasteiger partial charge in [0.2, 0.25) is 0 Å². The maximum Gasteiger partial charge on any atom is 0.133 e. The minimum atomic E-state index is 0.0396. The van der Waals surface area contributed by atoms with E-state index in [-0.39, 0.29) is 5.41 Å². The van der Waals surface area contributed by atoms with Crippen molar-refractivity contribution in [2.75, 3.05) is 6.54 Å². The second-order valence-corrected chi connectivity index (χ2v) is 6.07. The Morgan fingerprint density at radius 3 is 2.41 bits per heavy atom. The van der Waals surface area contributed by atoms with Crippen LogP contribution in [0.1, 0.15) is 51.4 Å². The monoisotopic (exact) mass is 233 g/mol. The molecule has 1 N–H and O–H groups in total. The molecular weight excluding hydrogens is 210 g/mol. The third-order valence-electron chi connectivity index (χ3n) is 3.13. The van der Waals surface area contributed by atoms with Gasteiger partial charge in [-0.15, -0.1) is 0 Å². The first-order chi connectivity index (χ1) is 8.05. The quantitative estimate of drug-likeness (QED) is 0.795. The Balaban J connectivity index is 1.76. The van der Waals surface area contributed by atoms with Crippen LogP contribution in [0.15, 0.2) is 12.4 Å². The van der Waals surface area contributed by atoms with Gasteiger partial charge in [0.05, 0.1) is 0 Å². The molecule has 3 nitrogen and oxygen atoms in total. The molecule has 0 radical (unpaired) electrons. The van der Waals surface area contributed by atoms with E-state index in [0.29, 0.717) is 0 Å². The van der Waals surface area contributed by atoms with E-state index >= 15 is 0 Å². The zero-order chi connectivity index (χ0) is 12.3. The SMILES string of the molecule is CC(C)(C)c1ncc(CNCCC2CC2)cn1. The molecule has 1 saturated carbocycles. The molecule has 1 aliphatic carbocycles. The molecule has 1 heterocycles. The summed E-state index contributed by atoms with van der Waals surface area (Å²) < 4.78 is 0. The fraction of sp³-hybridized carbons (Fsp3) is 0.714. The number of nitrogens with zero attached hydrogens (tertiary/aromatic N) is 2. The summed E-state index contributed by atoms with van der Waals surface area (Å²) in [7, 11) is 0. The standard InChI is InChI=1S/C14H23N3/c1-14(2,3)13-16-9-12(10-17-13)8-15-7-6-11-4-5-11/h9-11,15H,4-8H2,1-3H3. The van der Waals surface area contributed by atoms with Crippen molar-refractivity contribution in [3.63, 3.8) is 0 Å². The zero-order valence-corrected chi connectivity index (χ0v) is 11.2. The highest BCUT2D eigenvalue weighted by Crippen LogP contribution is 2.31. The molecule has 1 aromatic heterocycles. The van der Waals surface area contributed by atoms with Gasteiger partial charge >= 0.3 is 0 Å². The maximum absolute atomic E-state index is 4.43. The van der Waals surface area contributed by atoms with E-state index in [2.05, 4.69) is 36.1 Å². The van der Waals surface area contributed by atoms with E-state index < -0.39 is 0 Å². The molecule has 0 amide bonds. The van der Waals surface area contributed by atoms with Gasteiger partial charge < -0.3 is 5.32 Å². The number of nitrogens with one attached hydrogen (secondary N) is 1. The molecule has 0 unspecified atom stereocenters. The number of hydrogen-bond donors (Lipinski definition) is 1. The number of hydrogen-bond acceptors (Lipinski definition) is 3. The van der Waals surface area contributed by atoms with Gasteiger partial charge in [-0.25, -0.2) is 9.97 Å². The van der Waals surface area contributed by atoms with E-state index in [9.17, 15) is 0 Å². The molecule has 0 aliphatic heterocycles. The molecule has 2 rings (SSSR count). The molecule has 0 aromatic carbocycles. The average molecular weight is 233 g/mol. The third-order valence-corrected chi connectivity index (χ3v) is 3.13. The van der Waals surface area contributed by atoms with Gasteiger partial charge in [0, 0.05) is 29.9 Å². The number of aromatic nitrogens is 2. The Hall–Kier alpha value is -0.960. The van der Waals surface area contributed by atoms with Crippen LogP contribution in [0.25, 0.3) is 0 Å². The highest BCUT2D eigenvalue weighted by Gasteiger charge is 2.20. The summed E-state index contributed by atoms with van der Waals surface area (Å²) in [5, 5.41) is 3.45. The lowest BCUT2D eigenvalue weighted by atomic mass is 9.96. The van der Waals surface area contributed by atoms with E-state index in [1.165, 1.54) is 24.8 Å². The molecule has 17 heavy (non-hydrogen) atoms. The third kappa shape index (κ3) is 4.08. The van der Waals surface area contributed by atoms with Crippen LogP contribution in [-0.2, 0) is 12.0 Å². The summed E-state index contributed by atoms with van der Waals surface area (Å²) in [6, 6.07) is 0. The van der Waals surface area contributed by atoms with Crippen molar-refractivity contribution in [1.82, 2.24) is 15.3 Å². The van der Waals surface area contributed by atoms with Gasteiger partial charge in [-0.2, -0.15) is 0 Å². The van der Waals surface area contributed by atoms with Crippen molar-refractivity contribution < 1.29 is 0 Å². The molecule has 0 saturated heterocycles. The normalized spacial score (nSPS) is 16.2. The van der Waals surface area contributed by atoms with Crippen molar-refractivity contribution in [2.24, 2.45) is 5.92 Å². The van der Waals surface area contributed by atoms with Gasteiger partial charge in [0.1, 0.15) is 5.82 Å². The van der Waals surface area contributed by atoms with Crippen molar-refractivity contribution in [2.45, 2.75) is 52.0 Å². The summed E-state index contributed by atoms with van der Waals surface area (Å²) in [5.41, 5.74) is 1.21. The molecule has 94 valence electrons. The second kappa shape index (κ2) is 5.13. The van der Waals surface area contributed by atoms with Gasteiger partial charge in [0.15, 0.2) is 0 Å². The molecule has 1 fully saturated rings. The molecule has 1 aliphatic rings. The molecule has 1 aromatic rings. The first-order valence-electron chi connectivity index (χ1n) is 6.58. The highest BCUT2D eigenvalue weighted by molar-refractivity contribution is 5.09. The van der Waals surface area contributed by atoms with Crippen LogP contribution in [0, 0.1) is 5.92 Å². The molecule has 3 heteroatoms. The Kier molecular flexibility index (Phi) is 3.77. The van der Waals surface area contributed by atoms with Crippen molar-refractivity contribution in [3.05, 3.63) is 23.8 Å². The van der Waals surface area contributed by atoms with E-state index in [0.717, 1.165) is 24.8 Å². The lowest BCUT2D eigenvalue weighted by Gasteiger charge is -2.16. The zero-order valence-electron chi connectivity index (χ0n) is 11.2. The second-order valence-electron chi connectivity index (χ2n) is 6.07. The van der Waals surface area contributed by atoms with E-state index in [1.807, 2.05) is 12.4 Å². The predicted octanol–water partition coefficient (Wildman–Crippen LogP) is 2.66. The van der Waals surface area contributed by atoms with Crippen LogP contribution in [0.3, 0.4) is 0 Å². The largest absolute Gasteiger partial charge is 0.313 e. The van der Waals surface area contributed by atoms with Gasteiger partial charge in [-0.05, 0) is 18.9 Å². The van der Waals surface area contributed by atoms with Crippen molar-refractivity contribution in [1.29, 1.82) is 0 Å². The average Bonchev–Trinajstić information content (AvgIpc) is 3.08. The highest BCUT2D eigenvalue weighted by atomic mass is 14.9. The molecule has 0 spiro atoms. The first kappa shape index (κ1) is 12.5. The van der Waals surface area contributed by atoms with E-state index in [1.54, 1.807) is 0 Å². The first-order valence-corrected chi connectivity index (χ1v) is 6.58. The van der Waals surface area contributed by atoms with Gasteiger partial charge in [0.25, 0.3) is 0 Å². The van der Waals surface area contributed by atoms with Crippen LogP contribution in [-0.4, -0.2) is 16.5 Å². The summed E-state index contributed by atoms with van der Waals surface area (Å²) in [6.07, 6.45) is 8.08. The summed E-state index contributed by atoms with van der Waals surface area (Å²) in [4.78, 5) is 8.85. The Labute approximate surface area is 104 Å². The lowest BCUT2D eigenvalue weighted by Crippen LogP contribution is -2.18. The van der Waals surface area contributed by atoms with Crippen LogP contribution in [0.2, 0.25) is 0 Å². The predicted molar refractivity (Wildman–Crippen MR) is 69.8 cm³/mol. The van der Waals surface area contributed by atoms with E-state index in [4.69, 9.17) is 0 Å². The maximum atomic E-state index is 4.43. The van der Waals surface area contributed by atoms with Crippen LogP contribution in [0.5, 0.6) is 0 Å². The minimum absolute atomic E-state index is 0.0396. The van der Waals surface area contributed by atoms with Gasteiger partial charge in [-0.1, -0.05) is 33.6 Å². The Morgan fingerprint density at radius 2 is 1.88 bits per heavy atom.